The lowest BCUT2D eigenvalue weighted by atomic mass is 10.2. The van der Waals surface area contributed by atoms with Crippen LogP contribution >= 0.6 is 0 Å². The standard InChI is InChI=1S/C12H22N2O3/c1-4-9-14(10(2)3)12(17)13-8-6-5-7-11(15)16/h4,10H,1,5-9H2,2-3H3,(H,13,17)(H,15,16). The molecule has 0 aromatic rings. The first-order chi connectivity index (χ1) is 7.99. The minimum atomic E-state index is -0.799. The molecule has 5 nitrogen and oxygen atoms in total. The van der Waals surface area contributed by atoms with Crippen LogP contribution in [0.15, 0.2) is 12.7 Å². The van der Waals surface area contributed by atoms with Gasteiger partial charge < -0.3 is 15.3 Å². The van der Waals surface area contributed by atoms with Crippen LogP contribution in [0.2, 0.25) is 0 Å². The minimum Gasteiger partial charge on any atom is -0.481 e. The van der Waals surface area contributed by atoms with Gasteiger partial charge in [-0.05, 0) is 26.7 Å². The van der Waals surface area contributed by atoms with Crippen molar-refractivity contribution in [1.82, 2.24) is 10.2 Å². The Morgan fingerprint density at radius 2 is 2.06 bits per heavy atom. The third kappa shape index (κ3) is 7.38. The van der Waals surface area contributed by atoms with Crippen LogP contribution in [0.25, 0.3) is 0 Å². The molecule has 0 heterocycles. The van der Waals surface area contributed by atoms with Gasteiger partial charge in [0.05, 0.1) is 0 Å². The van der Waals surface area contributed by atoms with Gasteiger partial charge in [0.15, 0.2) is 0 Å². The molecule has 17 heavy (non-hydrogen) atoms. The lowest BCUT2D eigenvalue weighted by molar-refractivity contribution is -0.137. The van der Waals surface area contributed by atoms with Crippen molar-refractivity contribution in [2.75, 3.05) is 13.1 Å². The molecule has 2 N–H and O–H groups in total. The molecule has 0 aliphatic heterocycles. The number of rotatable bonds is 8. The first-order valence-corrected chi connectivity index (χ1v) is 5.86. The van der Waals surface area contributed by atoms with Gasteiger partial charge in [-0.15, -0.1) is 6.58 Å². The summed E-state index contributed by atoms with van der Waals surface area (Å²) in [5.74, 6) is -0.799. The van der Waals surface area contributed by atoms with Crippen LogP contribution < -0.4 is 5.32 Å². The van der Waals surface area contributed by atoms with Crippen molar-refractivity contribution in [3.05, 3.63) is 12.7 Å². The molecule has 0 aliphatic rings. The second kappa shape index (κ2) is 8.61. The topological polar surface area (TPSA) is 69.6 Å². The summed E-state index contributed by atoms with van der Waals surface area (Å²) < 4.78 is 0. The second-order valence-electron chi connectivity index (χ2n) is 4.12. The Bertz CT molecular complexity index is 264. The van der Waals surface area contributed by atoms with Crippen LogP contribution in [-0.2, 0) is 4.79 Å². The van der Waals surface area contributed by atoms with E-state index in [1.807, 2.05) is 13.8 Å². The van der Waals surface area contributed by atoms with Gasteiger partial charge in [-0.25, -0.2) is 4.79 Å². The van der Waals surface area contributed by atoms with Crippen LogP contribution in [0.1, 0.15) is 33.1 Å². The molecule has 0 spiro atoms. The third-order valence-electron chi connectivity index (χ3n) is 2.30. The van der Waals surface area contributed by atoms with Gasteiger partial charge in [0.1, 0.15) is 0 Å². The van der Waals surface area contributed by atoms with Crippen molar-refractivity contribution >= 4 is 12.0 Å². The summed E-state index contributed by atoms with van der Waals surface area (Å²) in [5.41, 5.74) is 0. The summed E-state index contributed by atoms with van der Waals surface area (Å²) in [5, 5.41) is 11.2. The first-order valence-electron chi connectivity index (χ1n) is 5.86. The summed E-state index contributed by atoms with van der Waals surface area (Å²) in [6, 6.07) is -0.0118. The van der Waals surface area contributed by atoms with E-state index in [9.17, 15) is 9.59 Å². The molecular weight excluding hydrogens is 220 g/mol. The number of hydrogen-bond donors (Lipinski definition) is 2. The molecule has 98 valence electrons. The highest BCUT2D eigenvalue weighted by atomic mass is 16.4. The van der Waals surface area contributed by atoms with Crippen LogP contribution in [-0.4, -0.2) is 41.1 Å². The van der Waals surface area contributed by atoms with Gasteiger partial charge in [-0.2, -0.15) is 0 Å². The van der Waals surface area contributed by atoms with E-state index in [0.717, 1.165) is 0 Å². The Morgan fingerprint density at radius 1 is 1.41 bits per heavy atom. The summed E-state index contributed by atoms with van der Waals surface area (Å²) in [6.45, 7) is 8.50. The smallest absolute Gasteiger partial charge is 0.317 e. The Kier molecular flexibility index (Phi) is 7.84. The summed E-state index contributed by atoms with van der Waals surface area (Å²) >= 11 is 0. The molecule has 0 radical (unpaired) electrons. The second-order valence-corrected chi connectivity index (χ2v) is 4.12. The summed E-state index contributed by atoms with van der Waals surface area (Å²) in [7, 11) is 0. The van der Waals surface area contributed by atoms with E-state index in [2.05, 4.69) is 11.9 Å². The maximum Gasteiger partial charge on any atom is 0.317 e. The molecule has 0 saturated heterocycles. The number of urea groups is 1. The quantitative estimate of drug-likeness (QED) is 0.504. The number of unbranched alkanes of at least 4 members (excludes halogenated alkanes) is 1. The van der Waals surface area contributed by atoms with Crippen molar-refractivity contribution in [2.24, 2.45) is 0 Å². The van der Waals surface area contributed by atoms with Gasteiger partial charge in [0, 0.05) is 25.6 Å². The van der Waals surface area contributed by atoms with Crippen LogP contribution in [0.4, 0.5) is 4.79 Å². The van der Waals surface area contributed by atoms with E-state index in [1.165, 1.54) is 0 Å². The number of carboxylic acids is 1. The molecule has 0 aliphatic carbocycles. The number of nitrogens with zero attached hydrogens (tertiary/aromatic N) is 1. The molecule has 0 fully saturated rings. The van der Waals surface area contributed by atoms with E-state index in [4.69, 9.17) is 5.11 Å². The molecule has 0 rings (SSSR count). The van der Waals surface area contributed by atoms with Crippen molar-refractivity contribution in [2.45, 2.75) is 39.2 Å². The van der Waals surface area contributed by atoms with Crippen molar-refractivity contribution < 1.29 is 14.7 Å². The number of aliphatic carboxylic acids is 1. The van der Waals surface area contributed by atoms with Gasteiger partial charge in [-0.1, -0.05) is 6.08 Å². The molecule has 0 aromatic heterocycles. The van der Waals surface area contributed by atoms with E-state index >= 15 is 0 Å². The highest BCUT2D eigenvalue weighted by Crippen LogP contribution is 1.99. The first kappa shape index (κ1) is 15.5. The molecule has 5 heteroatoms. The van der Waals surface area contributed by atoms with Gasteiger partial charge >= 0.3 is 12.0 Å². The molecule has 2 amide bonds. The number of hydrogen-bond acceptors (Lipinski definition) is 2. The number of nitrogens with one attached hydrogen (secondary N) is 1. The largest absolute Gasteiger partial charge is 0.481 e. The number of carbonyl (C=O) groups excluding carboxylic acids is 1. The monoisotopic (exact) mass is 242 g/mol. The molecule has 0 saturated carbocycles. The Balaban J connectivity index is 3.82. The van der Waals surface area contributed by atoms with Gasteiger partial charge in [0.25, 0.3) is 0 Å². The molecule has 0 unspecified atom stereocenters. The number of amides is 2. The predicted octanol–water partition coefficient (Wildman–Crippen LogP) is 1.85. The van der Waals surface area contributed by atoms with E-state index < -0.39 is 5.97 Å². The van der Waals surface area contributed by atoms with Crippen LogP contribution in [0.3, 0.4) is 0 Å². The van der Waals surface area contributed by atoms with E-state index in [1.54, 1.807) is 11.0 Å². The highest BCUT2D eigenvalue weighted by Gasteiger charge is 2.14. The maximum absolute atomic E-state index is 11.7. The van der Waals surface area contributed by atoms with Gasteiger partial charge in [0.2, 0.25) is 0 Å². The Morgan fingerprint density at radius 3 is 2.53 bits per heavy atom. The molecule has 0 bridgehead atoms. The zero-order valence-corrected chi connectivity index (χ0v) is 10.6. The van der Waals surface area contributed by atoms with Crippen molar-refractivity contribution in [1.29, 1.82) is 0 Å². The Labute approximate surface area is 102 Å². The number of carbonyl (C=O) groups is 2. The zero-order chi connectivity index (χ0) is 13.3. The lowest BCUT2D eigenvalue weighted by Crippen LogP contribution is -2.44. The lowest BCUT2D eigenvalue weighted by Gasteiger charge is -2.25. The van der Waals surface area contributed by atoms with Crippen molar-refractivity contribution in [3.8, 4) is 0 Å². The maximum atomic E-state index is 11.7. The average molecular weight is 242 g/mol. The molecule has 0 atom stereocenters. The van der Waals surface area contributed by atoms with Gasteiger partial charge in [-0.3, -0.25) is 4.79 Å². The third-order valence-corrected chi connectivity index (χ3v) is 2.30. The Hall–Kier alpha value is -1.52. The van der Waals surface area contributed by atoms with Crippen LogP contribution in [0, 0.1) is 0 Å². The van der Waals surface area contributed by atoms with E-state index in [0.29, 0.717) is 25.9 Å². The summed E-state index contributed by atoms with van der Waals surface area (Å²) in [6.07, 6.45) is 3.09. The fourth-order valence-corrected chi connectivity index (χ4v) is 1.37. The normalized spacial score (nSPS) is 10.1. The molecular formula is C12H22N2O3. The van der Waals surface area contributed by atoms with E-state index in [-0.39, 0.29) is 18.5 Å². The van der Waals surface area contributed by atoms with Crippen LogP contribution in [0.5, 0.6) is 0 Å². The summed E-state index contributed by atoms with van der Waals surface area (Å²) in [4.78, 5) is 23.7. The van der Waals surface area contributed by atoms with Crippen molar-refractivity contribution in [3.63, 3.8) is 0 Å². The SMILES string of the molecule is C=CCN(C(=O)NCCCCC(=O)O)C(C)C. The fraction of sp³-hybridized carbons (Fsp3) is 0.667. The predicted molar refractivity (Wildman–Crippen MR) is 66.9 cm³/mol. The fourth-order valence-electron chi connectivity index (χ4n) is 1.37. The molecule has 0 aromatic carbocycles. The highest BCUT2D eigenvalue weighted by molar-refractivity contribution is 5.74. The zero-order valence-electron chi connectivity index (χ0n) is 10.6. The minimum absolute atomic E-state index is 0.118. The average Bonchev–Trinajstić information content (AvgIpc) is 2.24. The number of carboxylic acid groups (broad SMARTS) is 1.